The van der Waals surface area contributed by atoms with Gasteiger partial charge in [-0.15, -0.1) is 0 Å². The van der Waals surface area contributed by atoms with Gasteiger partial charge in [0.25, 0.3) is 0 Å². The molecule has 104 valence electrons. The summed E-state index contributed by atoms with van der Waals surface area (Å²) in [4.78, 5) is 0. The molecule has 3 rings (SSSR count). The van der Waals surface area contributed by atoms with E-state index in [2.05, 4.69) is 54.7 Å². The first-order chi connectivity index (χ1) is 9.81. The third-order valence-electron chi connectivity index (χ3n) is 3.73. The molecule has 1 N–H and O–H groups in total. The quantitative estimate of drug-likeness (QED) is 0.859. The summed E-state index contributed by atoms with van der Waals surface area (Å²) >= 11 is 0. The second-order valence-electron chi connectivity index (χ2n) is 5.52. The lowest BCUT2D eigenvalue weighted by Crippen LogP contribution is -2.15. The largest absolute Gasteiger partial charge is 0.489 e. The lowest BCUT2D eigenvalue weighted by atomic mass is 10.1. The smallest absolute Gasteiger partial charge is 0.120 e. The van der Waals surface area contributed by atoms with Crippen molar-refractivity contribution in [2.24, 2.45) is 0 Å². The second kappa shape index (κ2) is 6.10. The Morgan fingerprint density at radius 3 is 2.75 bits per heavy atom. The molecule has 0 saturated heterocycles. The molecule has 1 aliphatic carbocycles. The molecule has 1 fully saturated rings. The number of aryl methyl sites for hydroxylation is 1. The third-order valence-corrected chi connectivity index (χ3v) is 3.73. The maximum atomic E-state index is 5.91. The van der Waals surface area contributed by atoms with Crippen LogP contribution in [0.15, 0.2) is 48.5 Å². The van der Waals surface area contributed by atoms with Gasteiger partial charge < -0.3 is 10.1 Å². The first kappa shape index (κ1) is 13.2. The van der Waals surface area contributed by atoms with Crippen molar-refractivity contribution >= 4 is 0 Å². The van der Waals surface area contributed by atoms with Crippen molar-refractivity contribution in [1.29, 1.82) is 0 Å². The van der Waals surface area contributed by atoms with Crippen LogP contribution in [0.3, 0.4) is 0 Å². The SMILES string of the molecule is Cc1ccccc1COc1cccc(CNC2CC2)c1. The van der Waals surface area contributed by atoms with Gasteiger partial charge in [-0.05, 0) is 48.6 Å². The molecule has 1 saturated carbocycles. The second-order valence-corrected chi connectivity index (χ2v) is 5.52. The first-order valence-corrected chi connectivity index (χ1v) is 7.31. The number of hydrogen-bond donors (Lipinski definition) is 1. The van der Waals surface area contributed by atoms with Gasteiger partial charge in [0.1, 0.15) is 12.4 Å². The number of benzene rings is 2. The fraction of sp³-hybridized carbons (Fsp3) is 0.333. The number of hydrogen-bond acceptors (Lipinski definition) is 2. The fourth-order valence-electron chi connectivity index (χ4n) is 2.23. The monoisotopic (exact) mass is 267 g/mol. The van der Waals surface area contributed by atoms with E-state index >= 15 is 0 Å². The van der Waals surface area contributed by atoms with Crippen LogP contribution in [-0.2, 0) is 13.2 Å². The minimum atomic E-state index is 0.631. The maximum absolute atomic E-state index is 5.91. The maximum Gasteiger partial charge on any atom is 0.120 e. The molecule has 1 aliphatic rings. The van der Waals surface area contributed by atoms with Gasteiger partial charge in [-0.1, -0.05) is 36.4 Å². The lowest BCUT2D eigenvalue weighted by Gasteiger charge is -2.10. The summed E-state index contributed by atoms with van der Waals surface area (Å²) in [7, 11) is 0. The van der Waals surface area contributed by atoms with E-state index in [1.807, 2.05) is 6.07 Å². The first-order valence-electron chi connectivity index (χ1n) is 7.31. The summed E-state index contributed by atoms with van der Waals surface area (Å²) in [5.74, 6) is 0.948. The molecule has 0 radical (unpaired) electrons. The summed E-state index contributed by atoms with van der Waals surface area (Å²) in [5, 5.41) is 3.53. The molecular formula is C18H21NO. The Bertz CT molecular complexity index is 575. The van der Waals surface area contributed by atoms with Crippen LogP contribution in [0.5, 0.6) is 5.75 Å². The number of nitrogens with one attached hydrogen (secondary N) is 1. The summed E-state index contributed by atoms with van der Waals surface area (Å²) in [6, 6.07) is 17.5. The summed E-state index contributed by atoms with van der Waals surface area (Å²) in [5.41, 5.74) is 3.81. The molecular weight excluding hydrogens is 246 g/mol. The van der Waals surface area contributed by atoms with Gasteiger partial charge >= 0.3 is 0 Å². The third kappa shape index (κ3) is 3.61. The molecule has 0 unspecified atom stereocenters. The van der Waals surface area contributed by atoms with E-state index in [-0.39, 0.29) is 0 Å². The Balaban J connectivity index is 1.59. The van der Waals surface area contributed by atoms with Crippen LogP contribution in [0.25, 0.3) is 0 Å². The van der Waals surface area contributed by atoms with Crippen LogP contribution in [0.4, 0.5) is 0 Å². The zero-order chi connectivity index (χ0) is 13.8. The molecule has 0 atom stereocenters. The highest BCUT2D eigenvalue weighted by atomic mass is 16.5. The van der Waals surface area contributed by atoms with E-state index in [4.69, 9.17) is 4.74 Å². The van der Waals surface area contributed by atoms with Crippen molar-refractivity contribution in [3.8, 4) is 5.75 Å². The predicted molar refractivity (Wildman–Crippen MR) is 81.8 cm³/mol. The molecule has 2 nitrogen and oxygen atoms in total. The molecule has 0 heterocycles. The van der Waals surface area contributed by atoms with Gasteiger partial charge in [0.05, 0.1) is 0 Å². The molecule has 2 aromatic carbocycles. The van der Waals surface area contributed by atoms with E-state index in [0.29, 0.717) is 6.61 Å². The van der Waals surface area contributed by atoms with Gasteiger partial charge in [-0.25, -0.2) is 0 Å². The minimum Gasteiger partial charge on any atom is -0.489 e. The molecule has 2 aromatic rings. The minimum absolute atomic E-state index is 0.631. The lowest BCUT2D eigenvalue weighted by molar-refractivity contribution is 0.305. The summed E-state index contributed by atoms with van der Waals surface area (Å²) < 4.78 is 5.91. The van der Waals surface area contributed by atoms with Gasteiger partial charge in [-0.3, -0.25) is 0 Å². The average Bonchev–Trinajstić information content (AvgIpc) is 3.29. The zero-order valence-corrected chi connectivity index (χ0v) is 11.9. The normalized spacial score (nSPS) is 14.2. The Morgan fingerprint density at radius 1 is 1.10 bits per heavy atom. The zero-order valence-electron chi connectivity index (χ0n) is 11.9. The molecule has 0 bridgehead atoms. The summed E-state index contributed by atoms with van der Waals surface area (Å²) in [6.45, 7) is 3.69. The van der Waals surface area contributed by atoms with Crippen LogP contribution in [0, 0.1) is 6.92 Å². The van der Waals surface area contributed by atoms with Gasteiger partial charge in [-0.2, -0.15) is 0 Å². The van der Waals surface area contributed by atoms with Crippen LogP contribution in [0.2, 0.25) is 0 Å². The van der Waals surface area contributed by atoms with Crippen LogP contribution in [-0.4, -0.2) is 6.04 Å². The predicted octanol–water partition coefficient (Wildman–Crippen LogP) is 3.83. The van der Waals surface area contributed by atoms with Crippen molar-refractivity contribution in [1.82, 2.24) is 5.32 Å². The Labute approximate surface area is 120 Å². The van der Waals surface area contributed by atoms with Crippen LogP contribution >= 0.6 is 0 Å². The van der Waals surface area contributed by atoms with E-state index in [0.717, 1.165) is 18.3 Å². The molecule has 20 heavy (non-hydrogen) atoms. The van der Waals surface area contributed by atoms with Gasteiger partial charge in [0.2, 0.25) is 0 Å². The Hall–Kier alpha value is -1.80. The van der Waals surface area contributed by atoms with Crippen molar-refractivity contribution in [3.63, 3.8) is 0 Å². The molecule has 0 spiro atoms. The Morgan fingerprint density at radius 2 is 1.95 bits per heavy atom. The van der Waals surface area contributed by atoms with Crippen molar-refractivity contribution < 1.29 is 4.74 Å². The average molecular weight is 267 g/mol. The standard InChI is InChI=1S/C18H21NO/c1-14-5-2-3-7-16(14)13-20-18-8-4-6-15(11-18)12-19-17-9-10-17/h2-8,11,17,19H,9-10,12-13H2,1H3. The number of rotatable bonds is 6. The van der Waals surface area contributed by atoms with E-state index in [1.54, 1.807) is 0 Å². The van der Waals surface area contributed by atoms with E-state index in [9.17, 15) is 0 Å². The molecule has 2 heteroatoms. The topological polar surface area (TPSA) is 21.3 Å². The van der Waals surface area contributed by atoms with Crippen LogP contribution in [0.1, 0.15) is 29.5 Å². The van der Waals surface area contributed by atoms with Gasteiger partial charge in [0.15, 0.2) is 0 Å². The Kier molecular flexibility index (Phi) is 4.03. The highest BCUT2D eigenvalue weighted by Crippen LogP contribution is 2.21. The summed E-state index contributed by atoms with van der Waals surface area (Å²) in [6.07, 6.45) is 2.65. The highest BCUT2D eigenvalue weighted by molar-refractivity contribution is 5.30. The van der Waals surface area contributed by atoms with Crippen LogP contribution < -0.4 is 10.1 Å². The highest BCUT2D eigenvalue weighted by Gasteiger charge is 2.19. The fourth-order valence-corrected chi connectivity index (χ4v) is 2.23. The van der Waals surface area contributed by atoms with Gasteiger partial charge in [0, 0.05) is 12.6 Å². The van der Waals surface area contributed by atoms with Crippen molar-refractivity contribution in [2.45, 2.75) is 39.0 Å². The van der Waals surface area contributed by atoms with Crippen molar-refractivity contribution in [2.75, 3.05) is 0 Å². The molecule has 0 aliphatic heterocycles. The number of ether oxygens (including phenoxy) is 1. The van der Waals surface area contributed by atoms with E-state index in [1.165, 1.54) is 29.5 Å². The molecule has 0 amide bonds. The van der Waals surface area contributed by atoms with Crippen molar-refractivity contribution in [3.05, 3.63) is 65.2 Å². The molecule has 0 aromatic heterocycles. The van der Waals surface area contributed by atoms with E-state index < -0.39 is 0 Å².